The van der Waals surface area contributed by atoms with E-state index >= 15 is 0 Å². The number of halogens is 1. The highest BCUT2D eigenvalue weighted by Gasteiger charge is 2.24. The average Bonchev–Trinajstić information content (AvgIpc) is 2.56. The molecule has 3 N–H and O–H groups in total. The van der Waals surface area contributed by atoms with E-state index in [4.69, 9.17) is 10.5 Å². The van der Waals surface area contributed by atoms with Crippen LogP contribution in [0.15, 0.2) is 18.3 Å². The molecular formula is C16H21FN4O2. The maximum Gasteiger partial charge on any atom is 0.213 e. The smallest absolute Gasteiger partial charge is 0.213 e. The molecule has 0 amide bonds. The minimum atomic E-state index is -0.527. The van der Waals surface area contributed by atoms with Crippen molar-refractivity contribution >= 4 is 11.0 Å². The number of rotatable bonds is 4. The first-order valence-electron chi connectivity index (χ1n) is 7.72. The molecule has 3 rings (SSSR count). The van der Waals surface area contributed by atoms with Crippen LogP contribution in [0, 0.1) is 5.82 Å². The van der Waals surface area contributed by atoms with E-state index in [0.717, 1.165) is 13.0 Å². The van der Waals surface area contributed by atoms with Crippen molar-refractivity contribution in [3.63, 3.8) is 0 Å². The first-order valence-corrected chi connectivity index (χ1v) is 7.72. The summed E-state index contributed by atoms with van der Waals surface area (Å²) >= 11 is 0. The monoisotopic (exact) mass is 320 g/mol. The van der Waals surface area contributed by atoms with Crippen LogP contribution in [0.3, 0.4) is 0 Å². The first-order chi connectivity index (χ1) is 11.1. The highest BCUT2D eigenvalue weighted by Crippen LogP contribution is 2.22. The lowest BCUT2D eigenvalue weighted by Gasteiger charge is -2.34. The summed E-state index contributed by atoms with van der Waals surface area (Å²) in [7, 11) is 1.53. The summed E-state index contributed by atoms with van der Waals surface area (Å²) in [5.41, 5.74) is 7.50. The molecule has 1 aliphatic rings. The largest absolute Gasteiger partial charge is 0.481 e. The third kappa shape index (κ3) is 3.41. The molecule has 0 aliphatic carbocycles. The van der Waals surface area contributed by atoms with E-state index in [9.17, 15) is 9.50 Å². The normalized spacial score (nSPS) is 22.4. The van der Waals surface area contributed by atoms with Gasteiger partial charge in [0.25, 0.3) is 0 Å². The van der Waals surface area contributed by atoms with E-state index in [0.29, 0.717) is 42.0 Å². The summed E-state index contributed by atoms with van der Waals surface area (Å²) < 4.78 is 19.3. The summed E-state index contributed by atoms with van der Waals surface area (Å²) in [6.07, 6.45) is 1.94. The van der Waals surface area contributed by atoms with E-state index in [-0.39, 0.29) is 11.9 Å². The number of aliphatic hydroxyl groups is 1. The lowest BCUT2D eigenvalue weighted by molar-refractivity contribution is 0.0541. The fourth-order valence-corrected chi connectivity index (χ4v) is 2.92. The Kier molecular flexibility index (Phi) is 4.70. The molecule has 7 heteroatoms. The number of nitrogens with two attached hydrogens (primary N) is 1. The van der Waals surface area contributed by atoms with E-state index in [1.54, 1.807) is 12.1 Å². The average molecular weight is 320 g/mol. The van der Waals surface area contributed by atoms with Gasteiger partial charge in [-0.15, -0.1) is 0 Å². The number of hydrogen-bond donors (Lipinski definition) is 2. The number of aliphatic hydroxyl groups excluding tert-OH is 1. The van der Waals surface area contributed by atoms with Crippen molar-refractivity contribution < 1.29 is 14.2 Å². The first kappa shape index (κ1) is 16.0. The van der Waals surface area contributed by atoms with Gasteiger partial charge in [0.1, 0.15) is 5.82 Å². The third-order valence-electron chi connectivity index (χ3n) is 4.34. The molecule has 0 bridgehead atoms. The summed E-state index contributed by atoms with van der Waals surface area (Å²) in [6, 6.07) is 3.31. The Labute approximate surface area is 134 Å². The molecule has 23 heavy (non-hydrogen) atoms. The number of hydrogen-bond acceptors (Lipinski definition) is 6. The minimum Gasteiger partial charge on any atom is -0.481 e. The van der Waals surface area contributed by atoms with Crippen molar-refractivity contribution in [1.29, 1.82) is 0 Å². The second kappa shape index (κ2) is 6.74. The fraction of sp³-hybridized carbons (Fsp3) is 0.500. The molecule has 1 aliphatic heterocycles. The van der Waals surface area contributed by atoms with Crippen LogP contribution in [-0.4, -0.2) is 58.9 Å². The van der Waals surface area contributed by atoms with Gasteiger partial charge in [0, 0.05) is 30.8 Å². The van der Waals surface area contributed by atoms with E-state index in [2.05, 4.69) is 14.9 Å². The highest BCUT2D eigenvalue weighted by atomic mass is 19.1. The molecule has 0 unspecified atom stereocenters. The maximum atomic E-state index is 14.2. The van der Waals surface area contributed by atoms with Gasteiger partial charge in [0.05, 0.1) is 30.4 Å². The van der Waals surface area contributed by atoms with Crippen LogP contribution in [0.4, 0.5) is 4.39 Å². The van der Waals surface area contributed by atoms with Gasteiger partial charge < -0.3 is 20.5 Å². The van der Waals surface area contributed by atoms with Gasteiger partial charge in [-0.25, -0.2) is 9.37 Å². The zero-order valence-electron chi connectivity index (χ0n) is 13.1. The molecule has 2 atom stereocenters. The molecule has 2 aromatic rings. The number of methoxy groups -OCH3 is 1. The lowest BCUT2D eigenvalue weighted by atomic mass is 10.0. The van der Waals surface area contributed by atoms with Crippen molar-refractivity contribution in [2.24, 2.45) is 5.73 Å². The summed E-state index contributed by atoms with van der Waals surface area (Å²) in [5.74, 6) is 0.0676. The summed E-state index contributed by atoms with van der Waals surface area (Å²) in [6.45, 7) is 1.96. The maximum absolute atomic E-state index is 14.2. The van der Waals surface area contributed by atoms with Gasteiger partial charge >= 0.3 is 0 Å². The zero-order chi connectivity index (χ0) is 16.4. The molecule has 0 aromatic carbocycles. The predicted molar refractivity (Wildman–Crippen MR) is 84.8 cm³/mol. The molecule has 0 saturated carbocycles. The Morgan fingerprint density at radius 3 is 3.04 bits per heavy atom. The van der Waals surface area contributed by atoms with E-state index in [1.807, 2.05) is 0 Å². The molecule has 6 nitrogen and oxygen atoms in total. The van der Waals surface area contributed by atoms with Crippen molar-refractivity contribution in [2.75, 3.05) is 26.7 Å². The topological polar surface area (TPSA) is 84.5 Å². The van der Waals surface area contributed by atoms with Gasteiger partial charge in [-0.1, -0.05) is 0 Å². The van der Waals surface area contributed by atoms with Gasteiger partial charge in [0.2, 0.25) is 5.88 Å². The highest BCUT2D eigenvalue weighted by molar-refractivity contribution is 5.78. The van der Waals surface area contributed by atoms with Crippen LogP contribution in [0.25, 0.3) is 11.0 Å². The second-order valence-electron chi connectivity index (χ2n) is 5.88. The lowest BCUT2D eigenvalue weighted by Crippen LogP contribution is -2.50. The van der Waals surface area contributed by atoms with Crippen LogP contribution in [0.2, 0.25) is 0 Å². The van der Waals surface area contributed by atoms with Gasteiger partial charge in [-0.2, -0.15) is 0 Å². The molecule has 0 radical (unpaired) electrons. The Morgan fingerprint density at radius 2 is 2.30 bits per heavy atom. The number of piperidine rings is 1. The number of pyridine rings is 2. The van der Waals surface area contributed by atoms with Crippen LogP contribution in [0.1, 0.15) is 12.0 Å². The number of ether oxygens (including phenoxy) is 1. The van der Waals surface area contributed by atoms with Crippen molar-refractivity contribution in [3.05, 3.63) is 29.7 Å². The Balaban J connectivity index is 1.80. The molecule has 2 aromatic heterocycles. The van der Waals surface area contributed by atoms with Crippen molar-refractivity contribution in [1.82, 2.24) is 14.9 Å². The fourth-order valence-electron chi connectivity index (χ4n) is 2.92. The molecule has 1 fully saturated rings. The van der Waals surface area contributed by atoms with Crippen molar-refractivity contribution in [3.8, 4) is 5.88 Å². The van der Waals surface area contributed by atoms with Gasteiger partial charge in [-0.3, -0.25) is 4.98 Å². The molecule has 1 saturated heterocycles. The van der Waals surface area contributed by atoms with Crippen LogP contribution < -0.4 is 10.5 Å². The number of β-amino-alcohol motifs (C(OH)–C–C–N with tert-alkyl or cyclic N) is 1. The summed E-state index contributed by atoms with van der Waals surface area (Å²) in [5, 5.41) is 9.86. The second-order valence-corrected chi connectivity index (χ2v) is 5.88. The molecular weight excluding hydrogens is 299 g/mol. The number of likely N-dealkylation sites (tertiary alicyclic amines) is 1. The SMILES string of the molecule is COc1ccc2ncc(F)c(CCN3CC[C@H](N)[C@H](O)C3)c2n1. The van der Waals surface area contributed by atoms with Crippen LogP contribution in [0.5, 0.6) is 5.88 Å². The Bertz CT molecular complexity index is 697. The van der Waals surface area contributed by atoms with E-state index in [1.165, 1.54) is 13.3 Å². The third-order valence-corrected chi connectivity index (χ3v) is 4.34. The van der Waals surface area contributed by atoms with Gasteiger partial charge in [-0.05, 0) is 25.5 Å². The predicted octanol–water partition coefficient (Wildman–Crippen LogP) is 0.714. The number of aromatic nitrogens is 2. The standard InChI is InChI=1S/C16H21FN4O2/c1-23-15-3-2-13-16(20-15)10(11(17)8-19-13)4-6-21-7-5-12(18)14(22)9-21/h2-3,8,12,14,22H,4-7,9,18H2,1H3/t12-,14+/m0/s1. The van der Waals surface area contributed by atoms with Gasteiger partial charge in [0.15, 0.2) is 0 Å². The minimum absolute atomic E-state index is 0.171. The number of nitrogens with zero attached hydrogens (tertiary/aromatic N) is 3. The molecule has 0 spiro atoms. The van der Waals surface area contributed by atoms with Crippen molar-refractivity contribution in [2.45, 2.75) is 25.0 Å². The van der Waals surface area contributed by atoms with Crippen LogP contribution in [-0.2, 0) is 6.42 Å². The van der Waals surface area contributed by atoms with Crippen LogP contribution >= 0.6 is 0 Å². The Morgan fingerprint density at radius 1 is 1.48 bits per heavy atom. The molecule has 124 valence electrons. The summed E-state index contributed by atoms with van der Waals surface area (Å²) in [4.78, 5) is 10.5. The zero-order valence-corrected chi connectivity index (χ0v) is 13.1. The molecule has 3 heterocycles. The quantitative estimate of drug-likeness (QED) is 0.863. The van der Waals surface area contributed by atoms with E-state index < -0.39 is 6.10 Å². The Hall–Kier alpha value is -1.83. The number of fused-ring (bicyclic) bond motifs is 1.